The summed E-state index contributed by atoms with van der Waals surface area (Å²) in [7, 11) is 1.43. The number of alkyl halides is 2. The van der Waals surface area contributed by atoms with Crippen molar-refractivity contribution in [3.8, 4) is 17.4 Å². The third-order valence-electron chi connectivity index (χ3n) is 5.21. The molecule has 7 nitrogen and oxygen atoms in total. The van der Waals surface area contributed by atoms with Crippen molar-refractivity contribution in [2.24, 2.45) is 0 Å². The number of methoxy groups -OCH3 is 1. The lowest BCUT2D eigenvalue weighted by atomic mass is 9.96. The lowest BCUT2D eigenvalue weighted by Gasteiger charge is -2.21. The van der Waals surface area contributed by atoms with Crippen LogP contribution in [-0.4, -0.2) is 54.6 Å². The molecular weight excluding hydrogens is 420 g/mol. The van der Waals surface area contributed by atoms with E-state index in [1.54, 1.807) is 6.92 Å². The van der Waals surface area contributed by atoms with E-state index in [9.17, 15) is 13.6 Å². The summed E-state index contributed by atoms with van der Waals surface area (Å²) in [5.74, 6) is -1.21. The van der Waals surface area contributed by atoms with E-state index in [0.29, 0.717) is 25.3 Å². The monoisotopic (exact) mass is 449 g/mol. The van der Waals surface area contributed by atoms with Gasteiger partial charge in [0.05, 0.1) is 13.7 Å². The number of carbonyl (C=O) groups excluding carboxylic acids is 1. The molecule has 0 radical (unpaired) electrons. The number of nitrogens with zero attached hydrogens (tertiary/aromatic N) is 3. The Labute approximate surface area is 186 Å². The lowest BCUT2D eigenvalue weighted by Crippen LogP contribution is -2.26. The average Bonchev–Trinajstić information content (AvgIpc) is 3.19. The zero-order chi connectivity index (χ0) is 23.3. The van der Waals surface area contributed by atoms with Gasteiger partial charge in [0.1, 0.15) is 24.0 Å². The highest BCUT2D eigenvalue weighted by molar-refractivity contribution is 5.76. The van der Waals surface area contributed by atoms with Crippen LogP contribution in [-0.2, 0) is 4.79 Å². The van der Waals surface area contributed by atoms with Crippen molar-refractivity contribution in [2.75, 3.05) is 31.7 Å². The van der Waals surface area contributed by atoms with Crippen LogP contribution < -0.4 is 19.1 Å². The van der Waals surface area contributed by atoms with Crippen LogP contribution in [0, 0.1) is 0 Å². The molecule has 0 bridgehead atoms. The van der Waals surface area contributed by atoms with Crippen LogP contribution in [0.3, 0.4) is 0 Å². The Morgan fingerprint density at radius 2 is 2.00 bits per heavy atom. The quantitative estimate of drug-likeness (QED) is 0.537. The summed E-state index contributed by atoms with van der Waals surface area (Å²) in [5.41, 5.74) is 1.09. The van der Waals surface area contributed by atoms with Gasteiger partial charge in [-0.1, -0.05) is 19.1 Å². The van der Waals surface area contributed by atoms with E-state index in [1.807, 2.05) is 36.1 Å². The lowest BCUT2D eigenvalue weighted by molar-refractivity contribution is -0.117. The summed E-state index contributed by atoms with van der Waals surface area (Å²) in [6.07, 6.45) is 2.48. The van der Waals surface area contributed by atoms with E-state index in [4.69, 9.17) is 14.2 Å². The third-order valence-corrected chi connectivity index (χ3v) is 5.21. The first kappa shape index (κ1) is 23.7. The van der Waals surface area contributed by atoms with E-state index < -0.39 is 12.5 Å². The molecule has 2 aromatic rings. The Balaban J connectivity index is 1.63. The van der Waals surface area contributed by atoms with Gasteiger partial charge in [-0.25, -0.2) is 13.8 Å². The molecule has 174 valence electrons. The topological polar surface area (TPSA) is 73.8 Å². The molecular formula is C23H29F2N3O4. The van der Waals surface area contributed by atoms with Crippen LogP contribution in [0.4, 0.5) is 14.6 Å². The van der Waals surface area contributed by atoms with Crippen molar-refractivity contribution in [3.63, 3.8) is 0 Å². The van der Waals surface area contributed by atoms with Gasteiger partial charge >= 0.3 is 0 Å². The Kier molecular flexibility index (Phi) is 7.48. The number of ether oxygens (including phenoxy) is 3. The van der Waals surface area contributed by atoms with Gasteiger partial charge in [-0.2, -0.15) is 4.98 Å². The summed E-state index contributed by atoms with van der Waals surface area (Å²) in [5, 5.41) is 0. The molecule has 0 aliphatic carbocycles. The number of rotatable bonds is 10. The predicted octanol–water partition coefficient (Wildman–Crippen LogP) is 4.26. The molecule has 0 unspecified atom stereocenters. The summed E-state index contributed by atoms with van der Waals surface area (Å²) >= 11 is 0. The van der Waals surface area contributed by atoms with Gasteiger partial charge in [-0.3, -0.25) is 0 Å². The van der Waals surface area contributed by atoms with Gasteiger partial charge in [0.25, 0.3) is 11.8 Å². The van der Waals surface area contributed by atoms with Crippen LogP contribution in [0.25, 0.3) is 0 Å². The zero-order valence-electron chi connectivity index (χ0n) is 18.8. The Morgan fingerprint density at radius 1 is 1.28 bits per heavy atom. The predicted molar refractivity (Wildman–Crippen MR) is 116 cm³/mol. The maximum Gasteiger partial charge on any atom is 0.278 e. The molecule has 9 heteroatoms. The first-order chi connectivity index (χ1) is 15.2. The Bertz CT molecular complexity index is 918. The molecule has 2 atom stereocenters. The van der Waals surface area contributed by atoms with Gasteiger partial charge in [0.15, 0.2) is 12.4 Å². The van der Waals surface area contributed by atoms with Crippen LogP contribution >= 0.6 is 0 Å². The van der Waals surface area contributed by atoms with E-state index in [1.165, 1.54) is 13.4 Å². The summed E-state index contributed by atoms with van der Waals surface area (Å²) < 4.78 is 43.0. The molecule has 1 aliphatic heterocycles. The van der Waals surface area contributed by atoms with Crippen LogP contribution in [0.1, 0.15) is 45.1 Å². The molecule has 0 spiro atoms. The number of carbonyl (C=O) groups is 1. The van der Waals surface area contributed by atoms with E-state index >= 15 is 0 Å². The molecule has 1 fully saturated rings. The molecule has 2 heterocycles. The second-order valence-electron chi connectivity index (χ2n) is 8.25. The zero-order valence-corrected chi connectivity index (χ0v) is 18.8. The van der Waals surface area contributed by atoms with Crippen molar-refractivity contribution in [1.82, 2.24) is 9.97 Å². The van der Waals surface area contributed by atoms with Gasteiger partial charge in [-0.15, -0.1) is 0 Å². The van der Waals surface area contributed by atoms with Gasteiger partial charge < -0.3 is 23.9 Å². The minimum absolute atomic E-state index is 0.0151. The second-order valence-corrected chi connectivity index (χ2v) is 8.25. The van der Waals surface area contributed by atoms with Gasteiger partial charge in [0, 0.05) is 26.3 Å². The number of ketones is 1. The Morgan fingerprint density at radius 3 is 2.62 bits per heavy atom. The van der Waals surface area contributed by atoms with E-state index in [0.717, 1.165) is 24.7 Å². The van der Waals surface area contributed by atoms with Crippen molar-refractivity contribution in [3.05, 3.63) is 36.2 Å². The average molecular weight is 449 g/mol. The normalized spacial score (nSPS) is 17.2. The minimum Gasteiger partial charge on any atom is -0.489 e. The maximum atomic E-state index is 13.2. The summed E-state index contributed by atoms with van der Waals surface area (Å²) in [4.78, 5) is 21.5. The first-order valence-corrected chi connectivity index (χ1v) is 10.6. The molecule has 0 N–H and O–H groups in total. The number of Topliss-reactive ketones (excluding diaryl/α,β-unsaturated/α-hetero) is 1. The molecule has 32 heavy (non-hydrogen) atoms. The third kappa shape index (κ3) is 6.27. The van der Waals surface area contributed by atoms with Crippen LogP contribution in [0.5, 0.6) is 17.4 Å². The standard InChI is InChI=1S/C23H29F2N3O4/c1-15(11-16(2)29)17-5-7-18(8-6-17)32-19-9-10-28(12-19)21-20(30-4)22(27-14-26-21)31-13-23(3,24)25/h5-8,14-15,19H,9-13H2,1-4H3/t15-,19-/m1/s1. The summed E-state index contributed by atoms with van der Waals surface area (Å²) in [6.45, 7) is 4.82. The fourth-order valence-corrected chi connectivity index (χ4v) is 3.68. The largest absolute Gasteiger partial charge is 0.489 e. The van der Waals surface area contributed by atoms with Crippen molar-refractivity contribution in [2.45, 2.75) is 51.6 Å². The van der Waals surface area contributed by atoms with Gasteiger partial charge in [-0.05, 0) is 30.5 Å². The number of hydrogen-bond acceptors (Lipinski definition) is 7. The highest BCUT2D eigenvalue weighted by Crippen LogP contribution is 2.36. The molecule has 0 saturated carbocycles. The number of aromatic nitrogens is 2. The van der Waals surface area contributed by atoms with Crippen molar-refractivity contribution in [1.29, 1.82) is 0 Å². The molecule has 1 aromatic heterocycles. The summed E-state index contributed by atoms with van der Waals surface area (Å²) in [6, 6.07) is 7.79. The first-order valence-electron chi connectivity index (χ1n) is 10.6. The van der Waals surface area contributed by atoms with Gasteiger partial charge in [0.2, 0.25) is 5.75 Å². The number of anilines is 1. The molecule has 1 aliphatic rings. The highest BCUT2D eigenvalue weighted by Gasteiger charge is 2.30. The van der Waals surface area contributed by atoms with E-state index in [2.05, 4.69) is 9.97 Å². The number of halogens is 2. The van der Waals surface area contributed by atoms with E-state index in [-0.39, 0.29) is 29.4 Å². The van der Waals surface area contributed by atoms with Crippen LogP contribution in [0.2, 0.25) is 0 Å². The highest BCUT2D eigenvalue weighted by atomic mass is 19.3. The number of benzene rings is 1. The molecule has 3 rings (SSSR count). The minimum atomic E-state index is -2.98. The fourth-order valence-electron chi connectivity index (χ4n) is 3.68. The smallest absolute Gasteiger partial charge is 0.278 e. The SMILES string of the molecule is COc1c(OCC(C)(F)F)ncnc1N1CC[C@@H](Oc2ccc([C@H](C)CC(C)=O)cc2)C1. The maximum absolute atomic E-state index is 13.2. The fraction of sp³-hybridized carbons (Fsp3) is 0.522. The molecule has 0 amide bonds. The van der Waals surface area contributed by atoms with Crippen molar-refractivity contribution < 1.29 is 27.8 Å². The molecule has 1 saturated heterocycles. The number of hydrogen-bond donors (Lipinski definition) is 0. The molecule has 1 aromatic carbocycles. The van der Waals surface area contributed by atoms with Crippen molar-refractivity contribution >= 4 is 11.6 Å². The van der Waals surface area contributed by atoms with Crippen LogP contribution in [0.15, 0.2) is 30.6 Å². The second kappa shape index (κ2) is 10.1. The Hall–Kier alpha value is -2.97.